The van der Waals surface area contributed by atoms with E-state index in [2.05, 4.69) is 184 Å². The van der Waals surface area contributed by atoms with Crippen LogP contribution in [0, 0.1) is 0 Å². The van der Waals surface area contributed by atoms with Crippen LogP contribution in [0.25, 0.3) is 44.2 Å². The topological polar surface area (TPSA) is 3.24 Å². The first kappa shape index (κ1) is 27.9. The molecule has 9 rings (SSSR count). The van der Waals surface area contributed by atoms with Crippen molar-refractivity contribution in [2.75, 3.05) is 4.90 Å². The molecule has 0 heterocycles. The maximum atomic E-state index is 2.48. The fourth-order valence-corrected chi connectivity index (χ4v) is 8.35. The third-order valence-corrected chi connectivity index (χ3v) is 10.8. The van der Waals surface area contributed by atoms with Crippen molar-refractivity contribution in [2.45, 2.75) is 38.5 Å². The fourth-order valence-electron chi connectivity index (χ4n) is 8.35. The van der Waals surface area contributed by atoms with E-state index in [-0.39, 0.29) is 10.8 Å². The molecule has 2 aliphatic carbocycles. The summed E-state index contributed by atoms with van der Waals surface area (Å²) in [7, 11) is 0. The Morgan fingerprint density at radius 1 is 0.362 bits per heavy atom. The summed E-state index contributed by atoms with van der Waals surface area (Å²) in [5, 5.41) is 2.58. The van der Waals surface area contributed by atoms with Crippen LogP contribution in [0.2, 0.25) is 0 Å². The van der Waals surface area contributed by atoms with Crippen LogP contribution in [0.1, 0.15) is 49.9 Å². The molecular formula is C46H37N. The second-order valence-electron chi connectivity index (χ2n) is 14.2. The second-order valence-corrected chi connectivity index (χ2v) is 14.2. The minimum Gasteiger partial charge on any atom is -0.310 e. The van der Waals surface area contributed by atoms with Gasteiger partial charge in [0.2, 0.25) is 0 Å². The Kier molecular flexibility index (Phi) is 5.96. The van der Waals surface area contributed by atoms with Crippen LogP contribution in [0.4, 0.5) is 17.1 Å². The Morgan fingerprint density at radius 3 is 1.68 bits per heavy atom. The lowest BCUT2D eigenvalue weighted by Gasteiger charge is -2.30. The molecule has 0 N–H and O–H groups in total. The van der Waals surface area contributed by atoms with Gasteiger partial charge in [-0.1, -0.05) is 137 Å². The van der Waals surface area contributed by atoms with Gasteiger partial charge < -0.3 is 4.90 Å². The van der Waals surface area contributed by atoms with E-state index in [1.165, 1.54) is 77.8 Å². The summed E-state index contributed by atoms with van der Waals surface area (Å²) >= 11 is 0. The molecule has 0 unspecified atom stereocenters. The summed E-state index contributed by atoms with van der Waals surface area (Å²) in [6.45, 7) is 9.47. The van der Waals surface area contributed by atoms with Gasteiger partial charge in [-0.3, -0.25) is 0 Å². The summed E-state index contributed by atoms with van der Waals surface area (Å²) in [6.07, 6.45) is 0. The van der Waals surface area contributed by atoms with Crippen LogP contribution in [0.5, 0.6) is 0 Å². The number of hydrogen-bond donors (Lipinski definition) is 0. The highest BCUT2D eigenvalue weighted by Crippen LogP contribution is 2.54. The van der Waals surface area contributed by atoms with Gasteiger partial charge in [0.15, 0.2) is 0 Å². The average Bonchev–Trinajstić information content (AvgIpc) is 3.47. The smallest absolute Gasteiger partial charge is 0.0540 e. The molecule has 0 aromatic heterocycles. The van der Waals surface area contributed by atoms with E-state index in [0.29, 0.717) is 0 Å². The Hall–Kier alpha value is -5.40. The molecule has 1 heteroatoms. The molecule has 0 amide bonds. The van der Waals surface area contributed by atoms with Gasteiger partial charge in [0.25, 0.3) is 0 Å². The van der Waals surface area contributed by atoms with Crippen molar-refractivity contribution in [3.63, 3.8) is 0 Å². The lowest BCUT2D eigenvalue weighted by atomic mass is 9.82. The van der Waals surface area contributed by atoms with Gasteiger partial charge in [-0.15, -0.1) is 0 Å². The van der Waals surface area contributed by atoms with Crippen LogP contribution < -0.4 is 4.90 Å². The van der Waals surface area contributed by atoms with Gasteiger partial charge in [0, 0.05) is 27.8 Å². The van der Waals surface area contributed by atoms with E-state index in [4.69, 9.17) is 0 Å². The molecule has 7 aromatic rings. The van der Waals surface area contributed by atoms with Crippen LogP contribution in [-0.2, 0) is 10.8 Å². The molecule has 0 aliphatic heterocycles. The van der Waals surface area contributed by atoms with Gasteiger partial charge in [-0.05, 0) is 103 Å². The third kappa shape index (κ3) is 4.09. The predicted molar refractivity (Wildman–Crippen MR) is 199 cm³/mol. The SMILES string of the molecule is CC1(C)c2ccccc2-c2ccc(N(c3ccc4c(c3)-c3cc5ccccc5cc3C4(C)C)c3ccccc3-c3ccccc3)cc21. The molecule has 0 fully saturated rings. The van der Waals surface area contributed by atoms with Gasteiger partial charge in [0.1, 0.15) is 0 Å². The maximum Gasteiger partial charge on any atom is 0.0540 e. The zero-order valence-electron chi connectivity index (χ0n) is 27.4. The summed E-state index contributed by atoms with van der Waals surface area (Å²) in [4.78, 5) is 2.48. The Labute approximate surface area is 277 Å². The second kappa shape index (κ2) is 10.0. The lowest BCUT2D eigenvalue weighted by molar-refractivity contribution is 0.660. The zero-order chi connectivity index (χ0) is 31.9. The number of nitrogens with zero attached hydrogens (tertiary/aromatic N) is 1. The van der Waals surface area contributed by atoms with Crippen molar-refractivity contribution in [3.8, 4) is 33.4 Å². The van der Waals surface area contributed by atoms with E-state index in [0.717, 1.165) is 5.69 Å². The molecule has 226 valence electrons. The summed E-state index contributed by atoms with van der Waals surface area (Å²) in [5.41, 5.74) is 16.7. The number of hydrogen-bond acceptors (Lipinski definition) is 1. The van der Waals surface area contributed by atoms with Crippen LogP contribution in [0.15, 0.2) is 152 Å². The first-order valence-corrected chi connectivity index (χ1v) is 16.7. The summed E-state index contributed by atoms with van der Waals surface area (Å²) in [6, 6.07) is 56.3. The molecular weight excluding hydrogens is 567 g/mol. The molecule has 1 nitrogen and oxygen atoms in total. The molecule has 0 saturated heterocycles. The highest BCUT2D eigenvalue weighted by molar-refractivity contribution is 5.96. The average molecular weight is 604 g/mol. The molecule has 0 saturated carbocycles. The molecule has 0 spiro atoms. The van der Waals surface area contributed by atoms with Crippen LogP contribution in [0.3, 0.4) is 0 Å². The van der Waals surface area contributed by atoms with Crippen LogP contribution >= 0.6 is 0 Å². The van der Waals surface area contributed by atoms with Crippen molar-refractivity contribution in [3.05, 3.63) is 174 Å². The van der Waals surface area contributed by atoms with Gasteiger partial charge in [-0.25, -0.2) is 0 Å². The fraction of sp³-hybridized carbons (Fsp3) is 0.130. The van der Waals surface area contributed by atoms with Gasteiger partial charge in [-0.2, -0.15) is 0 Å². The van der Waals surface area contributed by atoms with Crippen molar-refractivity contribution in [2.24, 2.45) is 0 Å². The van der Waals surface area contributed by atoms with Crippen molar-refractivity contribution >= 4 is 27.8 Å². The minimum absolute atomic E-state index is 0.0800. The Balaban J connectivity index is 1.29. The predicted octanol–water partition coefficient (Wildman–Crippen LogP) is 12.6. The number of anilines is 3. The normalized spacial score (nSPS) is 14.7. The summed E-state index contributed by atoms with van der Waals surface area (Å²) in [5.74, 6) is 0. The number of para-hydroxylation sites is 1. The number of fused-ring (bicyclic) bond motifs is 7. The molecule has 2 aliphatic rings. The molecule has 47 heavy (non-hydrogen) atoms. The molecule has 0 atom stereocenters. The van der Waals surface area contributed by atoms with Gasteiger partial charge >= 0.3 is 0 Å². The van der Waals surface area contributed by atoms with E-state index < -0.39 is 0 Å². The quantitative estimate of drug-likeness (QED) is 0.193. The molecule has 0 radical (unpaired) electrons. The van der Waals surface area contributed by atoms with Crippen molar-refractivity contribution < 1.29 is 0 Å². The standard InChI is InChI=1S/C46H37N/c1-45(2)40-20-12-10-19-36(40)37-24-22-34(29-43(37)45)47(44-21-13-11-18-35(44)30-14-6-5-7-15-30)33-23-25-41-39(28-33)38-26-31-16-8-9-17-32(31)27-42(38)46(41,3)4/h5-29H,1-4H3. The first-order chi connectivity index (χ1) is 22.8. The third-order valence-electron chi connectivity index (χ3n) is 10.8. The Bertz CT molecular complexity index is 2360. The van der Waals surface area contributed by atoms with E-state index >= 15 is 0 Å². The highest BCUT2D eigenvalue weighted by atomic mass is 15.1. The van der Waals surface area contributed by atoms with Crippen molar-refractivity contribution in [1.29, 1.82) is 0 Å². The van der Waals surface area contributed by atoms with Gasteiger partial charge in [0.05, 0.1) is 5.69 Å². The lowest BCUT2D eigenvalue weighted by Crippen LogP contribution is -2.17. The van der Waals surface area contributed by atoms with E-state index in [1.54, 1.807) is 0 Å². The van der Waals surface area contributed by atoms with E-state index in [9.17, 15) is 0 Å². The van der Waals surface area contributed by atoms with Crippen molar-refractivity contribution in [1.82, 2.24) is 0 Å². The maximum absolute atomic E-state index is 2.48. The minimum atomic E-state index is -0.0888. The monoisotopic (exact) mass is 603 g/mol. The van der Waals surface area contributed by atoms with E-state index in [1.807, 2.05) is 0 Å². The molecule has 7 aromatic carbocycles. The van der Waals surface area contributed by atoms with Crippen LogP contribution in [-0.4, -0.2) is 0 Å². The number of benzene rings is 7. The zero-order valence-corrected chi connectivity index (χ0v) is 27.4. The summed E-state index contributed by atoms with van der Waals surface area (Å²) < 4.78 is 0. The first-order valence-electron chi connectivity index (χ1n) is 16.7. The largest absolute Gasteiger partial charge is 0.310 e. The Morgan fingerprint density at radius 2 is 0.894 bits per heavy atom. The highest BCUT2D eigenvalue weighted by Gasteiger charge is 2.38. The number of rotatable bonds is 4. The molecule has 0 bridgehead atoms.